The highest BCUT2D eigenvalue weighted by molar-refractivity contribution is 5.80. The molecule has 1 saturated heterocycles. The SMILES string of the molecule is CCNC(=NCCOc1ccccc1C(F)(F)F)NC1CCN(CC(N)=O)CC1. The second-order valence-corrected chi connectivity index (χ2v) is 6.76. The van der Waals surface area contributed by atoms with Gasteiger partial charge in [-0.15, -0.1) is 0 Å². The van der Waals surface area contributed by atoms with Crippen molar-refractivity contribution in [3.05, 3.63) is 29.8 Å². The number of amides is 1. The number of rotatable bonds is 8. The lowest BCUT2D eigenvalue weighted by Gasteiger charge is -2.32. The minimum Gasteiger partial charge on any atom is -0.491 e. The maximum Gasteiger partial charge on any atom is 0.419 e. The third kappa shape index (κ3) is 7.80. The van der Waals surface area contributed by atoms with E-state index >= 15 is 0 Å². The summed E-state index contributed by atoms with van der Waals surface area (Å²) in [6.45, 7) is 4.61. The number of hydrogen-bond donors (Lipinski definition) is 3. The van der Waals surface area contributed by atoms with Crippen molar-refractivity contribution < 1.29 is 22.7 Å². The van der Waals surface area contributed by atoms with Crippen molar-refractivity contribution in [2.45, 2.75) is 32.0 Å². The fourth-order valence-corrected chi connectivity index (χ4v) is 3.11. The van der Waals surface area contributed by atoms with Gasteiger partial charge in [0, 0.05) is 25.7 Å². The van der Waals surface area contributed by atoms with Gasteiger partial charge in [-0.1, -0.05) is 12.1 Å². The molecular formula is C19H28F3N5O2. The zero-order chi connectivity index (χ0) is 21.3. The molecule has 2 rings (SSSR count). The molecule has 1 heterocycles. The number of likely N-dealkylation sites (tertiary alicyclic amines) is 1. The van der Waals surface area contributed by atoms with Crippen LogP contribution in [-0.2, 0) is 11.0 Å². The standard InChI is InChI=1S/C19H28F3N5O2/c1-2-24-18(26-14-7-10-27(11-8-14)13-17(23)28)25-9-12-29-16-6-4-3-5-15(16)19(20,21)22/h3-6,14H,2,7-13H2,1H3,(H2,23,28)(H2,24,25,26). The lowest BCUT2D eigenvalue weighted by Crippen LogP contribution is -2.49. The molecule has 1 aliphatic heterocycles. The zero-order valence-electron chi connectivity index (χ0n) is 16.5. The highest BCUT2D eigenvalue weighted by Crippen LogP contribution is 2.35. The van der Waals surface area contributed by atoms with Gasteiger partial charge in [-0.2, -0.15) is 13.2 Å². The normalized spacial score (nSPS) is 16.5. The first-order valence-corrected chi connectivity index (χ1v) is 9.64. The Morgan fingerprint density at radius 3 is 2.62 bits per heavy atom. The summed E-state index contributed by atoms with van der Waals surface area (Å²) in [6, 6.07) is 5.33. The quantitative estimate of drug-likeness (QED) is 0.341. The predicted octanol–water partition coefficient (Wildman–Crippen LogP) is 1.59. The van der Waals surface area contributed by atoms with Crippen LogP contribution in [-0.4, -0.2) is 62.1 Å². The van der Waals surface area contributed by atoms with Gasteiger partial charge in [0.05, 0.1) is 18.7 Å². The molecule has 0 bridgehead atoms. The van der Waals surface area contributed by atoms with E-state index in [9.17, 15) is 18.0 Å². The van der Waals surface area contributed by atoms with Crippen LogP contribution in [0.25, 0.3) is 0 Å². The molecule has 162 valence electrons. The molecule has 10 heteroatoms. The highest BCUT2D eigenvalue weighted by Gasteiger charge is 2.33. The number of nitrogens with two attached hydrogens (primary N) is 1. The Labute approximate surface area is 168 Å². The van der Waals surface area contributed by atoms with E-state index < -0.39 is 11.7 Å². The van der Waals surface area contributed by atoms with Crippen LogP contribution in [0.1, 0.15) is 25.3 Å². The van der Waals surface area contributed by atoms with Crippen LogP contribution in [0.15, 0.2) is 29.3 Å². The second kappa shape index (κ2) is 10.9. The number of nitrogens with zero attached hydrogens (tertiary/aromatic N) is 2. The number of nitrogens with one attached hydrogen (secondary N) is 2. The second-order valence-electron chi connectivity index (χ2n) is 6.76. The van der Waals surface area contributed by atoms with Crippen LogP contribution in [0.2, 0.25) is 0 Å². The van der Waals surface area contributed by atoms with Gasteiger partial charge in [-0.25, -0.2) is 4.99 Å². The summed E-state index contributed by atoms with van der Waals surface area (Å²) in [5, 5.41) is 6.45. The van der Waals surface area contributed by atoms with Crippen molar-refractivity contribution >= 4 is 11.9 Å². The van der Waals surface area contributed by atoms with Crippen molar-refractivity contribution in [2.75, 3.05) is 39.3 Å². The van der Waals surface area contributed by atoms with Crippen LogP contribution < -0.4 is 21.1 Å². The largest absolute Gasteiger partial charge is 0.491 e. The van der Waals surface area contributed by atoms with Crippen molar-refractivity contribution in [2.24, 2.45) is 10.7 Å². The van der Waals surface area contributed by atoms with E-state index in [1.165, 1.54) is 18.2 Å². The summed E-state index contributed by atoms with van der Waals surface area (Å²) in [4.78, 5) is 17.4. The highest BCUT2D eigenvalue weighted by atomic mass is 19.4. The van der Waals surface area contributed by atoms with E-state index in [1.807, 2.05) is 11.8 Å². The monoisotopic (exact) mass is 415 g/mol. The number of primary amides is 1. The smallest absolute Gasteiger partial charge is 0.419 e. The first kappa shape index (κ1) is 22.8. The molecule has 29 heavy (non-hydrogen) atoms. The number of guanidine groups is 1. The number of carbonyl (C=O) groups is 1. The minimum atomic E-state index is -4.46. The van der Waals surface area contributed by atoms with Crippen LogP contribution in [0, 0.1) is 0 Å². The number of benzene rings is 1. The Bertz CT molecular complexity index is 689. The average Bonchev–Trinajstić information content (AvgIpc) is 2.66. The van der Waals surface area contributed by atoms with Crippen molar-refractivity contribution in [3.8, 4) is 5.75 Å². The Balaban J connectivity index is 1.83. The number of carbonyl (C=O) groups excluding carboxylic acids is 1. The number of ether oxygens (including phenoxy) is 1. The molecule has 0 atom stereocenters. The fraction of sp³-hybridized carbons (Fsp3) is 0.579. The molecule has 4 N–H and O–H groups in total. The molecule has 0 unspecified atom stereocenters. The van der Waals surface area contributed by atoms with Crippen LogP contribution >= 0.6 is 0 Å². The Hall–Kier alpha value is -2.49. The van der Waals surface area contributed by atoms with Crippen molar-refractivity contribution in [3.63, 3.8) is 0 Å². The summed E-state index contributed by atoms with van der Waals surface area (Å²) < 4.78 is 44.3. The lowest BCUT2D eigenvalue weighted by atomic mass is 10.1. The Morgan fingerprint density at radius 2 is 2.00 bits per heavy atom. The third-order valence-electron chi connectivity index (χ3n) is 4.46. The number of alkyl halides is 3. The molecule has 1 amide bonds. The lowest BCUT2D eigenvalue weighted by molar-refractivity contribution is -0.139. The van der Waals surface area contributed by atoms with Gasteiger partial charge < -0.3 is 21.1 Å². The Kier molecular flexibility index (Phi) is 8.56. The molecule has 1 aromatic carbocycles. The van der Waals surface area contributed by atoms with E-state index in [1.54, 1.807) is 0 Å². The first-order chi connectivity index (χ1) is 13.8. The van der Waals surface area contributed by atoms with Crippen LogP contribution in [0.5, 0.6) is 5.75 Å². The van der Waals surface area contributed by atoms with Gasteiger partial charge in [-0.3, -0.25) is 9.69 Å². The fourth-order valence-electron chi connectivity index (χ4n) is 3.11. The van der Waals surface area contributed by atoms with E-state index in [0.717, 1.165) is 32.0 Å². The topological polar surface area (TPSA) is 92.0 Å². The number of piperidine rings is 1. The van der Waals surface area contributed by atoms with E-state index in [2.05, 4.69) is 15.6 Å². The van der Waals surface area contributed by atoms with Gasteiger partial charge in [0.2, 0.25) is 5.91 Å². The molecule has 0 radical (unpaired) electrons. The maximum atomic E-state index is 13.0. The molecule has 1 aliphatic rings. The van der Waals surface area contributed by atoms with Crippen molar-refractivity contribution in [1.82, 2.24) is 15.5 Å². The molecule has 0 saturated carbocycles. The minimum absolute atomic E-state index is 0.0285. The summed E-state index contributed by atoms with van der Waals surface area (Å²) in [5.74, 6) is 0.0574. The number of hydrogen-bond acceptors (Lipinski definition) is 4. The van der Waals surface area contributed by atoms with Crippen LogP contribution in [0.4, 0.5) is 13.2 Å². The first-order valence-electron chi connectivity index (χ1n) is 9.64. The number of aliphatic imine (C=N–C) groups is 1. The molecular weight excluding hydrogens is 387 g/mol. The van der Waals surface area contributed by atoms with Crippen LogP contribution in [0.3, 0.4) is 0 Å². The average molecular weight is 415 g/mol. The molecule has 0 spiro atoms. The van der Waals surface area contributed by atoms with Gasteiger partial charge in [0.25, 0.3) is 0 Å². The zero-order valence-corrected chi connectivity index (χ0v) is 16.5. The summed E-state index contributed by atoms with van der Waals surface area (Å²) >= 11 is 0. The maximum absolute atomic E-state index is 13.0. The predicted molar refractivity (Wildman–Crippen MR) is 105 cm³/mol. The molecule has 0 aliphatic carbocycles. The van der Waals surface area contributed by atoms with Gasteiger partial charge in [0.15, 0.2) is 5.96 Å². The van der Waals surface area contributed by atoms with E-state index in [0.29, 0.717) is 12.5 Å². The van der Waals surface area contributed by atoms with Gasteiger partial charge >= 0.3 is 6.18 Å². The summed E-state index contributed by atoms with van der Waals surface area (Å²) in [6.07, 6.45) is -2.78. The Morgan fingerprint density at radius 1 is 1.31 bits per heavy atom. The number of para-hydroxylation sites is 1. The van der Waals surface area contributed by atoms with E-state index in [4.69, 9.17) is 10.5 Å². The molecule has 1 aromatic rings. The summed E-state index contributed by atoms with van der Waals surface area (Å²) in [7, 11) is 0. The number of halogens is 3. The van der Waals surface area contributed by atoms with Gasteiger partial charge in [-0.05, 0) is 31.9 Å². The molecule has 1 fully saturated rings. The molecule has 7 nitrogen and oxygen atoms in total. The van der Waals surface area contributed by atoms with Crippen molar-refractivity contribution in [1.29, 1.82) is 0 Å². The summed E-state index contributed by atoms with van der Waals surface area (Å²) in [5.41, 5.74) is 4.43. The molecule has 0 aromatic heterocycles. The van der Waals surface area contributed by atoms with Gasteiger partial charge in [0.1, 0.15) is 12.4 Å². The van der Waals surface area contributed by atoms with E-state index in [-0.39, 0.29) is 37.4 Å². The third-order valence-corrected chi connectivity index (χ3v) is 4.46.